The number of aromatic nitrogens is 2. The Bertz CT molecular complexity index is 704. The number of carbonyl (C=O) groups excluding carboxylic acids is 1. The van der Waals surface area contributed by atoms with Crippen molar-refractivity contribution in [3.63, 3.8) is 0 Å². The topological polar surface area (TPSA) is 68.2 Å². The van der Waals surface area contributed by atoms with Crippen molar-refractivity contribution in [2.24, 2.45) is 5.92 Å². The summed E-state index contributed by atoms with van der Waals surface area (Å²) in [6.07, 6.45) is 5.93. The number of nitrogens with one attached hydrogen (secondary N) is 2. The second-order valence-corrected chi connectivity index (χ2v) is 7.59. The van der Waals surface area contributed by atoms with Crippen LogP contribution < -0.4 is 15.4 Å². The van der Waals surface area contributed by atoms with Crippen LogP contribution in [0.1, 0.15) is 32.3 Å². The van der Waals surface area contributed by atoms with E-state index in [0.717, 1.165) is 44.7 Å². The van der Waals surface area contributed by atoms with E-state index in [1.54, 1.807) is 6.20 Å². The van der Waals surface area contributed by atoms with E-state index in [0.29, 0.717) is 12.5 Å². The molecule has 6 nitrogen and oxygen atoms in total. The Kier molecular flexibility index (Phi) is 6.50. The monoisotopic (exact) mass is 370 g/mol. The van der Waals surface area contributed by atoms with Crippen molar-refractivity contribution in [3.8, 4) is 5.75 Å². The largest absolute Gasteiger partial charge is 0.493 e. The summed E-state index contributed by atoms with van der Waals surface area (Å²) in [5.74, 6) is 1.46. The Labute approximate surface area is 161 Å². The fourth-order valence-corrected chi connectivity index (χ4v) is 3.42. The van der Waals surface area contributed by atoms with E-state index >= 15 is 0 Å². The summed E-state index contributed by atoms with van der Waals surface area (Å²) < 4.78 is 7.54. The molecule has 2 aromatic rings. The van der Waals surface area contributed by atoms with Gasteiger partial charge in [-0.15, -0.1) is 0 Å². The van der Waals surface area contributed by atoms with Crippen LogP contribution in [0, 0.1) is 5.92 Å². The molecule has 0 saturated carbocycles. The highest BCUT2D eigenvalue weighted by atomic mass is 16.5. The van der Waals surface area contributed by atoms with E-state index in [1.165, 1.54) is 5.56 Å². The molecule has 0 spiro atoms. The van der Waals surface area contributed by atoms with Crippen molar-refractivity contribution in [3.05, 3.63) is 48.3 Å². The van der Waals surface area contributed by atoms with Crippen molar-refractivity contribution in [2.45, 2.75) is 38.6 Å². The first-order chi connectivity index (χ1) is 13.1. The zero-order valence-electron chi connectivity index (χ0n) is 16.3. The summed E-state index contributed by atoms with van der Waals surface area (Å²) in [5.41, 5.74) is 0.606. The number of benzene rings is 1. The minimum atomic E-state index is -0.580. The van der Waals surface area contributed by atoms with Gasteiger partial charge in [-0.25, -0.2) is 0 Å². The summed E-state index contributed by atoms with van der Waals surface area (Å²) in [6, 6.07) is 10.0. The third kappa shape index (κ3) is 4.89. The van der Waals surface area contributed by atoms with Gasteiger partial charge in [-0.2, -0.15) is 5.10 Å². The van der Waals surface area contributed by atoms with Crippen LogP contribution in [0.4, 0.5) is 0 Å². The third-order valence-electron chi connectivity index (χ3n) is 5.00. The normalized spacial score (nSPS) is 16.3. The standard InChI is InChI=1S/C21H30N4O2/c1-17(2)16-27-19-6-4-18(5-7-19)8-12-23-20(26)21(9-13-22-14-10-21)25-15-3-11-24-25/h3-7,11,15,17,22H,8-10,12-14,16H2,1-2H3,(H,23,26). The maximum Gasteiger partial charge on any atom is 0.248 e. The molecule has 2 heterocycles. The summed E-state index contributed by atoms with van der Waals surface area (Å²) in [6.45, 7) is 7.25. The van der Waals surface area contributed by atoms with E-state index in [9.17, 15) is 4.79 Å². The molecular formula is C21H30N4O2. The fraction of sp³-hybridized carbons (Fsp3) is 0.524. The summed E-state index contributed by atoms with van der Waals surface area (Å²) in [4.78, 5) is 13.0. The molecule has 27 heavy (non-hydrogen) atoms. The second-order valence-electron chi connectivity index (χ2n) is 7.59. The van der Waals surface area contributed by atoms with Crippen LogP contribution in [0.25, 0.3) is 0 Å². The number of hydrogen-bond donors (Lipinski definition) is 2. The molecule has 3 rings (SSSR count). The quantitative estimate of drug-likeness (QED) is 0.749. The van der Waals surface area contributed by atoms with Gasteiger partial charge in [0.1, 0.15) is 11.3 Å². The molecule has 0 aliphatic carbocycles. The molecule has 1 aliphatic rings. The van der Waals surface area contributed by atoms with Crippen molar-refractivity contribution in [1.82, 2.24) is 20.4 Å². The van der Waals surface area contributed by atoms with Crippen LogP contribution in [0.3, 0.4) is 0 Å². The molecule has 0 atom stereocenters. The van der Waals surface area contributed by atoms with Crippen molar-refractivity contribution >= 4 is 5.91 Å². The molecule has 146 valence electrons. The number of carbonyl (C=O) groups is 1. The predicted octanol–water partition coefficient (Wildman–Crippen LogP) is 2.36. The first-order valence-corrected chi connectivity index (χ1v) is 9.81. The number of rotatable bonds is 8. The third-order valence-corrected chi connectivity index (χ3v) is 5.00. The van der Waals surface area contributed by atoms with E-state index in [4.69, 9.17) is 4.74 Å². The van der Waals surface area contributed by atoms with Crippen LogP contribution >= 0.6 is 0 Å². The summed E-state index contributed by atoms with van der Waals surface area (Å²) in [5, 5.41) is 10.8. The average Bonchev–Trinajstić information content (AvgIpc) is 3.23. The molecule has 1 aromatic heterocycles. The molecule has 1 aliphatic heterocycles. The van der Waals surface area contributed by atoms with Gasteiger partial charge < -0.3 is 15.4 Å². The van der Waals surface area contributed by atoms with Crippen LogP contribution in [-0.4, -0.2) is 41.9 Å². The lowest BCUT2D eigenvalue weighted by molar-refractivity contribution is -0.131. The number of amides is 1. The summed E-state index contributed by atoms with van der Waals surface area (Å²) in [7, 11) is 0. The lowest BCUT2D eigenvalue weighted by Gasteiger charge is -2.36. The van der Waals surface area contributed by atoms with Crippen LogP contribution in [0.5, 0.6) is 5.75 Å². The Morgan fingerprint density at radius 2 is 2.04 bits per heavy atom. The average molecular weight is 370 g/mol. The molecular weight excluding hydrogens is 340 g/mol. The van der Waals surface area contributed by atoms with Gasteiger partial charge in [-0.05, 0) is 62.0 Å². The Balaban J connectivity index is 1.54. The summed E-state index contributed by atoms with van der Waals surface area (Å²) >= 11 is 0. The van der Waals surface area contributed by atoms with E-state index in [2.05, 4.69) is 41.7 Å². The zero-order chi connectivity index (χ0) is 19.1. The molecule has 2 N–H and O–H groups in total. The van der Waals surface area contributed by atoms with Crippen molar-refractivity contribution < 1.29 is 9.53 Å². The lowest BCUT2D eigenvalue weighted by atomic mass is 9.87. The van der Waals surface area contributed by atoms with Crippen LogP contribution in [0.15, 0.2) is 42.7 Å². The van der Waals surface area contributed by atoms with Gasteiger partial charge in [0, 0.05) is 18.9 Å². The Morgan fingerprint density at radius 3 is 2.67 bits per heavy atom. The molecule has 0 bridgehead atoms. The van der Waals surface area contributed by atoms with Gasteiger partial charge in [-0.1, -0.05) is 26.0 Å². The Hall–Kier alpha value is -2.34. The number of piperidine rings is 1. The predicted molar refractivity (Wildman–Crippen MR) is 106 cm³/mol. The van der Waals surface area contributed by atoms with E-state index in [-0.39, 0.29) is 5.91 Å². The highest BCUT2D eigenvalue weighted by Crippen LogP contribution is 2.27. The Morgan fingerprint density at radius 1 is 1.30 bits per heavy atom. The first-order valence-electron chi connectivity index (χ1n) is 9.81. The molecule has 1 fully saturated rings. The highest BCUT2D eigenvalue weighted by Gasteiger charge is 2.41. The fourth-order valence-electron chi connectivity index (χ4n) is 3.42. The van der Waals surface area contributed by atoms with Gasteiger partial charge in [0.15, 0.2) is 0 Å². The van der Waals surface area contributed by atoms with E-state index < -0.39 is 5.54 Å². The number of ether oxygens (including phenoxy) is 1. The van der Waals surface area contributed by atoms with Crippen molar-refractivity contribution in [2.75, 3.05) is 26.2 Å². The minimum Gasteiger partial charge on any atom is -0.493 e. The second kappa shape index (κ2) is 9.04. The molecule has 1 aromatic carbocycles. The van der Waals surface area contributed by atoms with Crippen molar-refractivity contribution in [1.29, 1.82) is 0 Å². The maximum atomic E-state index is 13.0. The molecule has 6 heteroatoms. The molecule has 0 radical (unpaired) electrons. The van der Waals surface area contributed by atoms with Crippen LogP contribution in [0.2, 0.25) is 0 Å². The van der Waals surface area contributed by atoms with E-state index in [1.807, 2.05) is 29.1 Å². The molecule has 1 saturated heterocycles. The van der Waals surface area contributed by atoms with Gasteiger partial charge in [0.25, 0.3) is 0 Å². The minimum absolute atomic E-state index is 0.0598. The van der Waals surface area contributed by atoms with Gasteiger partial charge >= 0.3 is 0 Å². The number of nitrogens with zero attached hydrogens (tertiary/aromatic N) is 2. The molecule has 0 unspecified atom stereocenters. The smallest absolute Gasteiger partial charge is 0.248 e. The van der Waals surface area contributed by atoms with Gasteiger partial charge in [0.05, 0.1) is 6.61 Å². The SMILES string of the molecule is CC(C)COc1ccc(CCNC(=O)C2(n3cccn3)CCNCC2)cc1. The lowest BCUT2D eigenvalue weighted by Crippen LogP contribution is -2.54. The van der Waals surface area contributed by atoms with Crippen LogP contribution in [-0.2, 0) is 16.8 Å². The molecule has 1 amide bonds. The highest BCUT2D eigenvalue weighted by molar-refractivity contribution is 5.84. The zero-order valence-corrected chi connectivity index (χ0v) is 16.3. The number of hydrogen-bond acceptors (Lipinski definition) is 4. The van der Waals surface area contributed by atoms with Gasteiger partial charge in [-0.3, -0.25) is 9.48 Å². The van der Waals surface area contributed by atoms with Gasteiger partial charge in [0.2, 0.25) is 5.91 Å². The first kappa shape index (κ1) is 19.4. The maximum absolute atomic E-state index is 13.0.